The third-order valence-electron chi connectivity index (χ3n) is 4.32. The van der Waals surface area contributed by atoms with Gasteiger partial charge in [0.05, 0.1) is 13.2 Å². The summed E-state index contributed by atoms with van der Waals surface area (Å²) in [4.78, 5) is 18.3. The van der Waals surface area contributed by atoms with Crippen LogP contribution in [-0.4, -0.2) is 56.6 Å². The molecule has 6 heteroatoms. The lowest BCUT2D eigenvalue weighted by atomic mass is 10.0. The molecule has 0 aliphatic carbocycles. The minimum Gasteiger partial charge on any atom is -0.370 e. The molecule has 1 heterocycles. The Kier molecular flexibility index (Phi) is 7.73. The van der Waals surface area contributed by atoms with E-state index in [0.29, 0.717) is 19.6 Å². The number of ether oxygens (including phenoxy) is 1. The van der Waals surface area contributed by atoms with Crippen molar-refractivity contribution in [1.29, 1.82) is 0 Å². The van der Waals surface area contributed by atoms with Crippen LogP contribution in [-0.2, 0) is 9.53 Å². The van der Waals surface area contributed by atoms with Gasteiger partial charge in [-0.1, -0.05) is 31.2 Å². The van der Waals surface area contributed by atoms with E-state index in [4.69, 9.17) is 4.74 Å². The molecule has 0 radical (unpaired) electrons. The summed E-state index contributed by atoms with van der Waals surface area (Å²) in [6.07, 6.45) is 1.45. The molecular weight excluding hydrogens is 316 g/mol. The van der Waals surface area contributed by atoms with E-state index < -0.39 is 0 Å². The fourth-order valence-electron chi connectivity index (χ4n) is 2.95. The fraction of sp³-hybridized carbons (Fsp3) is 0.579. The van der Waals surface area contributed by atoms with Crippen molar-refractivity contribution in [3.63, 3.8) is 0 Å². The highest BCUT2D eigenvalue weighted by atomic mass is 16.5. The highest BCUT2D eigenvalue weighted by molar-refractivity contribution is 5.81. The summed E-state index contributed by atoms with van der Waals surface area (Å²) in [6, 6.07) is 8.33. The van der Waals surface area contributed by atoms with Gasteiger partial charge in [0.25, 0.3) is 0 Å². The Balaban J connectivity index is 1.88. The lowest BCUT2D eigenvalue weighted by Crippen LogP contribution is -2.48. The number of morpholine rings is 1. The normalized spacial score (nSPS) is 18.1. The van der Waals surface area contributed by atoms with Gasteiger partial charge in [-0.05, 0) is 24.5 Å². The van der Waals surface area contributed by atoms with Crippen LogP contribution in [0.3, 0.4) is 0 Å². The van der Waals surface area contributed by atoms with Gasteiger partial charge in [-0.2, -0.15) is 0 Å². The van der Waals surface area contributed by atoms with Crippen LogP contribution in [0.4, 0.5) is 0 Å². The number of amides is 1. The Morgan fingerprint density at radius 3 is 2.84 bits per heavy atom. The van der Waals surface area contributed by atoms with Crippen LogP contribution in [0.2, 0.25) is 0 Å². The lowest BCUT2D eigenvalue weighted by molar-refractivity contribution is -0.120. The summed E-state index contributed by atoms with van der Waals surface area (Å²) in [5.41, 5.74) is 2.46. The standard InChI is InChI=1S/C19H30N4O2/c1-4-10-21-18(24)9-11-22-19(20-3)23-12-13-25-17(14-23)16-8-6-5-7-15(16)2/h5-8,17H,4,9-14H2,1-3H3,(H,20,22)(H,21,24). The summed E-state index contributed by atoms with van der Waals surface area (Å²) >= 11 is 0. The van der Waals surface area contributed by atoms with E-state index in [0.717, 1.165) is 32.0 Å². The van der Waals surface area contributed by atoms with Gasteiger partial charge in [-0.15, -0.1) is 0 Å². The maximum absolute atomic E-state index is 11.7. The van der Waals surface area contributed by atoms with E-state index in [2.05, 4.69) is 39.6 Å². The van der Waals surface area contributed by atoms with E-state index in [9.17, 15) is 4.79 Å². The molecule has 0 bridgehead atoms. The van der Waals surface area contributed by atoms with E-state index in [1.165, 1.54) is 11.1 Å². The predicted octanol–water partition coefficient (Wildman–Crippen LogP) is 1.86. The average molecular weight is 346 g/mol. The van der Waals surface area contributed by atoms with Crippen LogP contribution < -0.4 is 10.6 Å². The Hall–Kier alpha value is -2.08. The second-order valence-electron chi connectivity index (χ2n) is 6.24. The third-order valence-corrected chi connectivity index (χ3v) is 4.32. The zero-order chi connectivity index (χ0) is 18.1. The summed E-state index contributed by atoms with van der Waals surface area (Å²) < 4.78 is 5.97. The smallest absolute Gasteiger partial charge is 0.221 e. The van der Waals surface area contributed by atoms with Gasteiger partial charge in [-0.25, -0.2) is 0 Å². The largest absolute Gasteiger partial charge is 0.370 e. The molecule has 0 aromatic heterocycles. The molecule has 1 unspecified atom stereocenters. The SMILES string of the molecule is CCCNC(=O)CCNC(=NC)N1CCOC(c2ccccc2C)C1. The van der Waals surface area contributed by atoms with E-state index in [1.807, 2.05) is 19.1 Å². The van der Waals surface area contributed by atoms with Gasteiger partial charge in [0.1, 0.15) is 6.10 Å². The molecule has 2 rings (SSSR count). The number of hydrogen-bond acceptors (Lipinski definition) is 3. The molecule has 2 N–H and O–H groups in total. The number of rotatable bonds is 6. The maximum Gasteiger partial charge on any atom is 0.221 e. The first-order valence-electron chi connectivity index (χ1n) is 9.05. The number of aliphatic imine (C=N–C) groups is 1. The first-order chi connectivity index (χ1) is 12.2. The number of nitrogens with zero attached hydrogens (tertiary/aromatic N) is 2. The maximum atomic E-state index is 11.7. The summed E-state index contributed by atoms with van der Waals surface area (Å²) in [6.45, 7) is 7.68. The van der Waals surface area contributed by atoms with Gasteiger partial charge >= 0.3 is 0 Å². The number of carbonyl (C=O) groups is 1. The molecule has 1 aromatic carbocycles. The average Bonchev–Trinajstić information content (AvgIpc) is 2.64. The van der Waals surface area contributed by atoms with Crippen molar-refractivity contribution in [2.75, 3.05) is 39.8 Å². The highest BCUT2D eigenvalue weighted by Gasteiger charge is 2.25. The fourth-order valence-corrected chi connectivity index (χ4v) is 2.95. The summed E-state index contributed by atoms with van der Waals surface area (Å²) in [7, 11) is 1.78. The third kappa shape index (κ3) is 5.74. The Morgan fingerprint density at radius 1 is 1.32 bits per heavy atom. The molecule has 1 aliphatic heterocycles. The number of benzene rings is 1. The van der Waals surface area contributed by atoms with Crippen molar-refractivity contribution >= 4 is 11.9 Å². The number of carbonyl (C=O) groups excluding carboxylic acids is 1. The molecule has 25 heavy (non-hydrogen) atoms. The van der Waals surface area contributed by atoms with Crippen molar-refractivity contribution < 1.29 is 9.53 Å². The monoisotopic (exact) mass is 346 g/mol. The molecule has 6 nitrogen and oxygen atoms in total. The second-order valence-corrected chi connectivity index (χ2v) is 6.24. The molecule has 1 atom stereocenters. The quantitative estimate of drug-likeness (QED) is 0.609. The molecule has 1 aliphatic rings. The first kappa shape index (κ1) is 19.2. The molecule has 1 fully saturated rings. The highest BCUT2D eigenvalue weighted by Crippen LogP contribution is 2.24. The van der Waals surface area contributed by atoms with Crippen molar-refractivity contribution in [2.45, 2.75) is 32.8 Å². The topological polar surface area (TPSA) is 66.0 Å². The number of nitrogens with one attached hydrogen (secondary N) is 2. The van der Waals surface area contributed by atoms with Crippen LogP contribution in [0.1, 0.15) is 37.0 Å². The zero-order valence-corrected chi connectivity index (χ0v) is 15.5. The predicted molar refractivity (Wildman–Crippen MR) is 101 cm³/mol. The number of aryl methyl sites for hydroxylation is 1. The van der Waals surface area contributed by atoms with Crippen LogP contribution in [0.25, 0.3) is 0 Å². The van der Waals surface area contributed by atoms with Gasteiger partial charge in [0, 0.05) is 33.1 Å². The van der Waals surface area contributed by atoms with Crippen molar-refractivity contribution in [3.05, 3.63) is 35.4 Å². The molecule has 1 amide bonds. The van der Waals surface area contributed by atoms with Crippen LogP contribution in [0, 0.1) is 6.92 Å². The molecule has 1 aromatic rings. The second kappa shape index (κ2) is 10.0. The summed E-state index contributed by atoms with van der Waals surface area (Å²) in [5.74, 6) is 0.898. The molecule has 1 saturated heterocycles. The zero-order valence-electron chi connectivity index (χ0n) is 15.5. The Bertz CT molecular complexity index is 589. The molecule has 0 spiro atoms. The minimum absolute atomic E-state index is 0.0429. The number of guanidine groups is 1. The van der Waals surface area contributed by atoms with Crippen molar-refractivity contribution in [2.24, 2.45) is 4.99 Å². The first-order valence-corrected chi connectivity index (χ1v) is 9.05. The van der Waals surface area contributed by atoms with Crippen LogP contribution in [0.5, 0.6) is 0 Å². The van der Waals surface area contributed by atoms with Crippen LogP contribution >= 0.6 is 0 Å². The molecule has 138 valence electrons. The summed E-state index contributed by atoms with van der Waals surface area (Å²) in [5, 5.41) is 6.18. The van der Waals surface area contributed by atoms with E-state index in [1.54, 1.807) is 7.05 Å². The minimum atomic E-state index is 0.0429. The van der Waals surface area contributed by atoms with E-state index >= 15 is 0 Å². The van der Waals surface area contributed by atoms with Crippen molar-refractivity contribution in [1.82, 2.24) is 15.5 Å². The van der Waals surface area contributed by atoms with Gasteiger partial charge < -0.3 is 20.3 Å². The van der Waals surface area contributed by atoms with Gasteiger partial charge in [-0.3, -0.25) is 9.79 Å². The van der Waals surface area contributed by atoms with Crippen LogP contribution in [0.15, 0.2) is 29.3 Å². The Labute approximate surface area is 150 Å². The van der Waals surface area contributed by atoms with E-state index in [-0.39, 0.29) is 12.0 Å². The van der Waals surface area contributed by atoms with Crippen molar-refractivity contribution in [3.8, 4) is 0 Å². The lowest BCUT2D eigenvalue weighted by Gasteiger charge is -2.35. The Morgan fingerprint density at radius 2 is 2.12 bits per heavy atom. The number of hydrogen-bond donors (Lipinski definition) is 2. The molecule has 0 saturated carbocycles. The molecular formula is C19H30N4O2. The van der Waals surface area contributed by atoms with Gasteiger partial charge in [0.15, 0.2) is 5.96 Å². The van der Waals surface area contributed by atoms with Gasteiger partial charge in [0.2, 0.25) is 5.91 Å².